The molecule has 29 heavy (non-hydrogen) atoms. The minimum atomic E-state index is 0. The molecular weight excluding hydrogens is 503 g/mol. The summed E-state index contributed by atoms with van der Waals surface area (Å²) in [5, 5.41) is 11.1. The summed E-state index contributed by atoms with van der Waals surface area (Å²) in [6.45, 7) is 8.88. The van der Waals surface area contributed by atoms with Crippen molar-refractivity contribution in [1.29, 1.82) is 0 Å². The monoisotopic (exact) mass is 536 g/mol. The fourth-order valence-corrected chi connectivity index (χ4v) is 3.78. The largest absolute Gasteiger partial charge is 0.383 e. The number of aromatic nitrogens is 3. The summed E-state index contributed by atoms with van der Waals surface area (Å²) in [6.07, 6.45) is 0.0158. The van der Waals surface area contributed by atoms with Crippen LogP contribution in [0.4, 0.5) is 0 Å². The molecule has 0 fully saturated rings. The van der Waals surface area contributed by atoms with E-state index in [0.717, 1.165) is 34.6 Å². The number of aryl methyl sites for hydroxylation is 1. The third kappa shape index (κ3) is 6.90. The van der Waals surface area contributed by atoms with Crippen LogP contribution in [0.3, 0.4) is 0 Å². The highest BCUT2D eigenvalue weighted by atomic mass is 127. The van der Waals surface area contributed by atoms with Crippen molar-refractivity contribution in [3.8, 4) is 0 Å². The van der Waals surface area contributed by atoms with E-state index >= 15 is 0 Å². The Morgan fingerprint density at radius 2 is 2.10 bits per heavy atom. The number of halogens is 1. The molecule has 1 atom stereocenters. The summed E-state index contributed by atoms with van der Waals surface area (Å²) in [5.74, 6) is 0.817. The number of nitrogens with zero attached hydrogens (tertiary/aromatic N) is 5. The number of hydrogen-bond acceptors (Lipinski definition) is 6. The van der Waals surface area contributed by atoms with Gasteiger partial charge in [0.1, 0.15) is 11.1 Å². The van der Waals surface area contributed by atoms with Gasteiger partial charge < -0.3 is 19.7 Å². The number of ether oxygens (including phenoxy) is 2. The molecule has 0 bridgehead atoms. The summed E-state index contributed by atoms with van der Waals surface area (Å²) >= 11 is 1.62. The Balaban J connectivity index is 0.00000420. The Morgan fingerprint density at radius 3 is 2.72 bits per heavy atom. The van der Waals surface area contributed by atoms with E-state index in [-0.39, 0.29) is 30.1 Å². The summed E-state index contributed by atoms with van der Waals surface area (Å²) < 4.78 is 12.5. The minimum Gasteiger partial charge on any atom is -0.383 e. The zero-order valence-electron chi connectivity index (χ0n) is 18.4. The lowest BCUT2D eigenvalue weighted by molar-refractivity contribution is 0.119. The number of thiazole rings is 1. The fraction of sp³-hybridized carbons (Fsp3) is 0.632. The molecule has 0 amide bonds. The number of hydrogen-bond donors (Lipinski definition) is 1. The van der Waals surface area contributed by atoms with Crippen molar-refractivity contribution in [2.24, 2.45) is 4.99 Å². The Kier molecular flexibility index (Phi) is 11.1. The van der Waals surface area contributed by atoms with Gasteiger partial charge in [0, 0.05) is 51.5 Å². The van der Waals surface area contributed by atoms with Gasteiger partial charge in [-0.25, -0.2) is 4.98 Å². The van der Waals surface area contributed by atoms with Gasteiger partial charge in [0.15, 0.2) is 5.96 Å². The van der Waals surface area contributed by atoms with Gasteiger partial charge in [0.2, 0.25) is 0 Å². The van der Waals surface area contributed by atoms with Crippen LogP contribution in [-0.4, -0.2) is 60.5 Å². The van der Waals surface area contributed by atoms with Gasteiger partial charge in [-0.15, -0.1) is 35.3 Å². The topological polar surface area (TPSA) is 76.8 Å². The van der Waals surface area contributed by atoms with Crippen LogP contribution in [0.2, 0.25) is 0 Å². The molecular formula is C19H33IN6O2S. The van der Waals surface area contributed by atoms with Crippen molar-refractivity contribution in [2.45, 2.75) is 46.5 Å². The Labute approximate surface area is 194 Å². The molecule has 0 saturated heterocycles. The molecule has 0 saturated carbocycles. The summed E-state index contributed by atoms with van der Waals surface area (Å²) in [6, 6.07) is 0. The lowest BCUT2D eigenvalue weighted by atomic mass is 10.2. The fourth-order valence-electron chi connectivity index (χ4n) is 2.94. The third-order valence-electron chi connectivity index (χ3n) is 4.71. The number of methoxy groups -OCH3 is 2. The molecule has 2 aromatic heterocycles. The molecule has 0 aliphatic heterocycles. The molecule has 1 unspecified atom stereocenters. The first-order chi connectivity index (χ1) is 13.4. The summed E-state index contributed by atoms with van der Waals surface area (Å²) in [7, 11) is 7.20. The van der Waals surface area contributed by atoms with Gasteiger partial charge in [-0.1, -0.05) is 0 Å². The zero-order chi connectivity index (χ0) is 20.7. The van der Waals surface area contributed by atoms with Gasteiger partial charge in [-0.3, -0.25) is 9.67 Å². The normalized spacial score (nSPS) is 12.6. The van der Waals surface area contributed by atoms with Crippen LogP contribution in [0.1, 0.15) is 40.7 Å². The predicted molar refractivity (Wildman–Crippen MR) is 128 cm³/mol. The lowest BCUT2D eigenvalue weighted by Gasteiger charge is -2.21. The quantitative estimate of drug-likeness (QED) is 0.302. The average molecular weight is 536 g/mol. The number of aliphatic imine (C=N–C) groups is 1. The van der Waals surface area contributed by atoms with E-state index in [2.05, 4.69) is 37.6 Å². The second kappa shape index (κ2) is 12.5. The van der Waals surface area contributed by atoms with E-state index in [9.17, 15) is 0 Å². The molecule has 0 aliphatic rings. The molecule has 8 nitrogen and oxygen atoms in total. The third-order valence-corrected chi connectivity index (χ3v) is 5.76. The van der Waals surface area contributed by atoms with Crippen LogP contribution in [0, 0.1) is 13.8 Å². The minimum absolute atomic E-state index is 0. The van der Waals surface area contributed by atoms with Crippen molar-refractivity contribution >= 4 is 41.3 Å². The van der Waals surface area contributed by atoms with Gasteiger partial charge >= 0.3 is 0 Å². The Bertz CT molecular complexity index is 792. The number of nitrogens with one attached hydrogen (secondary N) is 1. The first-order valence-corrected chi connectivity index (χ1v) is 10.2. The van der Waals surface area contributed by atoms with Crippen molar-refractivity contribution in [3.63, 3.8) is 0 Å². The van der Waals surface area contributed by atoms with Crippen molar-refractivity contribution in [3.05, 3.63) is 33.0 Å². The van der Waals surface area contributed by atoms with Crippen LogP contribution in [0.5, 0.6) is 0 Å². The van der Waals surface area contributed by atoms with Gasteiger partial charge in [0.05, 0.1) is 31.1 Å². The number of guanidine groups is 1. The molecule has 0 radical (unpaired) electrons. The van der Waals surface area contributed by atoms with E-state index in [1.54, 1.807) is 32.6 Å². The van der Waals surface area contributed by atoms with E-state index < -0.39 is 0 Å². The molecule has 2 aromatic rings. The SMILES string of the molecule is CN=C(NCc1c(C)nn(CCOC)c1C)N(C)Cc1csc(C(C)OC)n1.I. The van der Waals surface area contributed by atoms with Crippen molar-refractivity contribution < 1.29 is 9.47 Å². The maximum Gasteiger partial charge on any atom is 0.194 e. The van der Waals surface area contributed by atoms with Crippen molar-refractivity contribution in [1.82, 2.24) is 25.0 Å². The standard InChI is InChI=1S/C19H32N6O2S.HI/c1-13-17(14(2)25(23-13)8-9-26-6)10-21-19(20-4)24(5)11-16-12-28-18(22-16)15(3)27-7;/h12,15H,8-11H2,1-7H3,(H,20,21);1H. The molecule has 10 heteroatoms. The summed E-state index contributed by atoms with van der Waals surface area (Å²) in [4.78, 5) is 11.1. The van der Waals surface area contributed by atoms with Crippen LogP contribution in [0.25, 0.3) is 0 Å². The van der Waals surface area contributed by atoms with E-state index in [1.807, 2.05) is 25.6 Å². The smallest absolute Gasteiger partial charge is 0.194 e. The molecule has 1 N–H and O–H groups in total. The molecule has 2 rings (SSSR count). The molecule has 2 heterocycles. The zero-order valence-corrected chi connectivity index (χ0v) is 21.5. The first kappa shape index (κ1) is 25.8. The van der Waals surface area contributed by atoms with Crippen LogP contribution < -0.4 is 5.32 Å². The van der Waals surface area contributed by atoms with E-state index in [1.165, 1.54) is 5.56 Å². The highest BCUT2D eigenvalue weighted by molar-refractivity contribution is 14.0. The first-order valence-electron chi connectivity index (χ1n) is 9.31. The predicted octanol–water partition coefficient (Wildman–Crippen LogP) is 3.14. The number of rotatable bonds is 9. The maximum absolute atomic E-state index is 5.34. The maximum atomic E-state index is 5.34. The highest BCUT2D eigenvalue weighted by Gasteiger charge is 2.15. The van der Waals surface area contributed by atoms with Gasteiger partial charge in [-0.05, 0) is 20.8 Å². The highest BCUT2D eigenvalue weighted by Crippen LogP contribution is 2.21. The lowest BCUT2D eigenvalue weighted by Crippen LogP contribution is -2.38. The van der Waals surface area contributed by atoms with Crippen LogP contribution >= 0.6 is 35.3 Å². The second-order valence-corrected chi connectivity index (χ2v) is 7.57. The molecule has 0 aliphatic carbocycles. The second-order valence-electron chi connectivity index (χ2n) is 6.68. The Hall–Kier alpha value is -1.24. The van der Waals surface area contributed by atoms with Gasteiger partial charge in [-0.2, -0.15) is 5.10 Å². The van der Waals surface area contributed by atoms with Crippen LogP contribution in [-0.2, 0) is 29.1 Å². The van der Waals surface area contributed by atoms with Gasteiger partial charge in [0.25, 0.3) is 0 Å². The molecule has 164 valence electrons. The van der Waals surface area contributed by atoms with E-state index in [4.69, 9.17) is 9.47 Å². The summed E-state index contributed by atoms with van der Waals surface area (Å²) in [5.41, 5.74) is 4.37. The van der Waals surface area contributed by atoms with Crippen LogP contribution in [0.15, 0.2) is 10.4 Å². The van der Waals surface area contributed by atoms with E-state index in [0.29, 0.717) is 19.7 Å². The Morgan fingerprint density at radius 1 is 1.38 bits per heavy atom. The van der Waals surface area contributed by atoms with Crippen molar-refractivity contribution in [2.75, 3.05) is 34.9 Å². The molecule has 0 aromatic carbocycles. The average Bonchev–Trinajstić information content (AvgIpc) is 3.25. The molecule has 0 spiro atoms.